The monoisotopic (exact) mass is 183 g/mol. The fourth-order valence-electron chi connectivity index (χ4n) is 1.61. The highest BCUT2D eigenvalue weighted by Gasteiger charge is 2.25. The molecule has 1 amide bonds. The van der Waals surface area contributed by atoms with Crippen LogP contribution in [0.2, 0.25) is 0 Å². The molecular formula is C11H21NO. The predicted molar refractivity (Wildman–Crippen MR) is 54.5 cm³/mol. The number of hydrogen-bond acceptors (Lipinski definition) is 1. The number of nitrogens with one attached hydrogen (secondary N) is 1. The summed E-state index contributed by atoms with van der Waals surface area (Å²) in [5, 5.41) is 3.10. The van der Waals surface area contributed by atoms with Crippen molar-refractivity contribution in [3.05, 3.63) is 0 Å². The molecule has 0 spiro atoms. The molecule has 0 aromatic heterocycles. The fraction of sp³-hybridized carbons (Fsp3) is 0.909. The summed E-state index contributed by atoms with van der Waals surface area (Å²) < 4.78 is 0. The molecule has 13 heavy (non-hydrogen) atoms. The van der Waals surface area contributed by atoms with Crippen LogP contribution in [0.25, 0.3) is 0 Å². The summed E-state index contributed by atoms with van der Waals surface area (Å²) in [6.45, 7) is 4.20. The van der Waals surface area contributed by atoms with Gasteiger partial charge in [0.25, 0.3) is 0 Å². The Labute approximate surface area is 81.1 Å². The Morgan fingerprint density at radius 2 is 2.15 bits per heavy atom. The van der Waals surface area contributed by atoms with Crippen LogP contribution in [0.5, 0.6) is 0 Å². The maximum atomic E-state index is 11.3. The van der Waals surface area contributed by atoms with Crippen molar-refractivity contribution in [3.63, 3.8) is 0 Å². The van der Waals surface area contributed by atoms with Crippen LogP contribution in [-0.4, -0.2) is 11.9 Å². The maximum absolute atomic E-state index is 11.3. The topological polar surface area (TPSA) is 29.1 Å². The van der Waals surface area contributed by atoms with Gasteiger partial charge in [0.2, 0.25) is 5.91 Å². The largest absolute Gasteiger partial charge is 0.353 e. The van der Waals surface area contributed by atoms with Crippen molar-refractivity contribution in [2.45, 2.75) is 58.4 Å². The highest BCUT2D eigenvalue weighted by molar-refractivity contribution is 5.76. The zero-order valence-corrected chi connectivity index (χ0v) is 8.81. The van der Waals surface area contributed by atoms with Gasteiger partial charge in [0.15, 0.2) is 0 Å². The van der Waals surface area contributed by atoms with E-state index in [1.165, 1.54) is 19.3 Å². The van der Waals surface area contributed by atoms with Gasteiger partial charge in [0.05, 0.1) is 0 Å². The molecule has 0 radical (unpaired) electrons. The Hall–Kier alpha value is -0.530. The van der Waals surface area contributed by atoms with Gasteiger partial charge in [-0.3, -0.25) is 4.79 Å². The molecule has 1 N–H and O–H groups in total. The highest BCUT2D eigenvalue weighted by Crippen LogP contribution is 2.33. The SMILES string of the molecule is CCCC(=O)NC(CC)CC1CC1. The summed E-state index contributed by atoms with van der Waals surface area (Å²) in [4.78, 5) is 11.3. The van der Waals surface area contributed by atoms with Crippen molar-refractivity contribution in [1.82, 2.24) is 5.32 Å². The van der Waals surface area contributed by atoms with E-state index < -0.39 is 0 Å². The third-order valence-corrected chi connectivity index (χ3v) is 2.65. The van der Waals surface area contributed by atoms with Gasteiger partial charge in [-0.2, -0.15) is 0 Å². The maximum Gasteiger partial charge on any atom is 0.220 e. The molecule has 2 nitrogen and oxygen atoms in total. The van der Waals surface area contributed by atoms with Crippen molar-refractivity contribution in [1.29, 1.82) is 0 Å². The van der Waals surface area contributed by atoms with E-state index in [0.29, 0.717) is 12.5 Å². The summed E-state index contributed by atoms with van der Waals surface area (Å²) in [6.07, 6.45) is 6.66. The van der Waals surface area contributed by atoms with Crippen molar-refractivity contribution in [2.24, 2.45) is 5.92 Å². The summed E-state index contributed by atoms with van der Waals surface area (Å²) in [7, 11) is 0. The lowest BCUT2D eigenvalue weighted by molar-refractivity contribution is -0.121. The normalized spacial score (nSPS) is 18.3. The van der Waals surface area contributed by atoms with Gasteiger partial charge in [-0.1, -0.05) is 26.7 Å². The highest BCUT2D eigenvalue weighted by atomic mass is 16.1. The Bertz CT molecular complexity index is 163. The van der Waals surface area contributed by atoms with Gasteiger partial charge >= 0.3 is 0 Å². The van der Waals surface area contributed by atoms with Crippen molar-refractivity contribution in [3.8, 4) is 0 Å². The molecule has 1 aliphatic rings. The quantitative estimate of drug-likeness (QED) is 0.673. The molecular weight excluding hydrogens is 162 g/mol. The molecule has 1 fully saturated rings. The summed E-state index contributed by atoms with van der Waals surface area (Å²) in [6, 6.07) is 0.437. The standard InChI is InChI=1S/C11H21NO/c1-3-5-11(13)12-10(4-2)8-9-6-7-9/h9-10H,3-8H2,1-2H3,(H,12,13). The Balaban J connectivity index is 2.17. The average Bonchev–Trinajstić information content (AvgIpc) is 2.87. The molecule has 1 atom stereocenters. The minimum Gasteiger partial charge on any atom is -0.353 e. The lowest BCUT2D eigenvalue weighted by atomic mass is 10.1. The van der Waals surface area contributed by atoms with Crippen molar-refractivity contribution >= 4 is 5.91 Å². The van der Waals surface area contributed by atoms with Crippen LogP contribution in [0.3, 0.4) is 0 Å². The second-order valence-electron chi connectivity index (χ2n) is 4.10. The second kappa shape index (κ2) is 5.25. The zero-order chi connectivity index (χ0) is 9.68. The molecule has 0 bridgehead atoms. The second-order valence-corrected chi connectivity index (χ2v) is 4.10. The lowest BCUT2D eigenvalue weighted by Crippen LogP contribution is -2.34. The Morgan fingerprint density at radius 1 is 1.46 bits per heavy atom. The van der Waals surface area contributed by atoms with Gasteiger partial charge in [-0.15, -0.1) is 0 Å². The fourth-order valence-corrected chi connectivity index (χ4v) is 1.61. The minimum absolute atomic E-state index is 0.231. The minimum atomic E-state index is 0.231. The summed E-state index contributed by atoms with van der Waals surface area (Å²) >= 11 is 0. The van der Waals surface area contributed by atoms with E-state index in [-0.39, 0.29) is 5.91 Å². The summed E-state index contributed by atoms with van der Waals surface area (Å²) in [5.41, 5.74) is 0. The van der Waals surface area contributed by atoms with Crippen LogP contribution in [0, 0.1) is 5.92 Å². The number of hydrogen-bond donors (Lipinski definition) is 1. The van der Waals surface area contributed by atoms with Gasteiger partial charge in [0, 0.05) is 12.5 Å². The third kappa shape index (κ3) is 4.30. The first kappa shape index (κ1) is 10.6. The van der Waals surface area contributed by atoms with E-state index in [9.17, 15) is 4.79 Å². The molecule has 1 saturated carbocycles. The molecule has 0 aliphatic heterocycles. The molecule has 76 valence electrons. The van der Waals surface area contributed by atoms with Crippen LogP contribution >= 0.6 is 0 Å². The van der Waals surface area contributed by atoms with Crippen molar-refractivity contribution in [2.75, 3.05) is 0 Å². The first-order valence-corrected chi connectivity index (χ1v) is 5.55. The first-order valence-electron chi connectivity index (χ1n) is 5.55. The number of amides is 1. The van der Waals surface area contributed by atoms with E-state index in [1.54, 1.807) is 0 Å². The molecule has 0 saturated heterocycles. The molecule has 0 heterocycles. The molecule has 1 aliphatic carbocycles. The van der Waals surface area contributed by atoms with E-state index in [0.717, 1.165) is 18.8 Å². The lowest BCUT2D eigenvalue weighted by Gasteiger charge is -2.16. The molecule has 1 rings (SSSR count). The Kier molecular flexibility index (Phi) is 4.26. The van der Waals surface area contributed by atoms with Crippen LogP contribution in [0.15, 0.2) is 0 Å². The average molecular weight is 183 g/mol. The zero-order valence-electron chi connectivity index (χ0n) is 8.81. The number of carbonyl (C=O) groups excluding carboxylic acids is 1. The van der Waals surface area contributed by atoms with Gasteiger partial charge in [0.1, 0.15) is 0 Å². The van der Waals surface area contributed by atoms with E-state index in [2.05, 4.69) is 12.2 Å². The number of carbonyl (C=O) groups is 1. The molecule has 2 heteroatoms. The van der Waals surface area contributed by atoms with Crippen molar-refractivity contribution < 1.29 is 4.79 Å². The first-order chi connectivity index (χ1) is 6.26. The van der Waals surface area contributed by atoms with Crippen LogP contribution in [0.1, 0.15) is 52.4 Å². The van der Waals surface area contributed by atoms with E-state index in [1.807, 2.05) is 6.92 Å². The molecule has 0 aromatic rings. The van der Waals surface area contributed by atoms with E-state index >= 15 is 0 Å². The Morgan fingerprint density at radius 3 is 2.62 bits per heavy atom. The van der Waals surface area contributed by atoms with Crippen LogP contribution < -0.4 is 5.32 Å². The van der Waals surface area contributed by atoms with E-state index in [4.69, 9.17) is 0 Å². The van der Waals surface area contributed by atoms with Crippen LogP contribution in [-0.2, 0) is 4.79 Å². The predicted octanol–water partition coefficient (Wildman–Crippen LogP) is 2.48. The summed E-state index contributed by atoms with van der Waals surface area (Å²) in [5.74, 6) is 1.14. The molecule has 0 aromatic carbocycles. The van der Waals surface area contributed by atoms with Crippen LogP contribution in [0.4, 0.5) is 0 Å². The number of rotatable bonds is 6. The van der Waals surface area contributed by atoms with Gasteiger partial charge in [-0.05, 0) is 25.2 Å². The van der Waals surface area contributed by atoms with Gasteiger partial charge in [-0.25, -0.2) is 0 Å². The molecule has 1 unspecified atom stereocenters. The third-order valence-electron chi connectivity index (χ3n) is 2.65. The smallest absolute Gasteiger partial charge is 0.220 e. The van der Waals surface area contributed by atoms with Gasteiger partial charge < -0.3 is 5.32 Å².